The highest BCUT2D eigenvalue weighted by atomic mass is 16.5. The normalized spacial score (nSPS) is 13.6. The smallest absolute Gasteiger partial charge is 0.314 e. The molecule has 6 rings (SSSR count). The molecule has 2 N–H and O–H groups in total. The number of hydrogen-bond donors (Lipinski definition) is 2. The molecular formula is C32H27N3O4. The van der Waals surface area contributed by atoms with E-state index < -0.39 is 11.4 Å². The van der Waals surface area contributed by atoms with Crippen LogP contribution in [0, 0.1) is 6.92 Å². The summed E-state index contributed by atoms with van der Waals surface area (Å²) in [5.74, 6) is 1.24. The van der Waals surface area contributed by atoms with Gasteiger partial charge < -0.3 is 19.7 Å². The summed E-state index contributed by atoms with van der Waals surface area (Å²) in [4.78, 5) is 16.6. The summed E-state index contributed by atoms with van der Waals surface area (Å²) in [6, 6.07) is 29.3. The second-order valence-corrected chi connectivity index (χ2v) is 9.72. The van der Waals surface area contributed by atoms with Crippen LogP contribution in [0.4, 0.5) is 11.5 Å². The maximum Gasteiger partial charge on any atom is 0.314 e. The van der Waals surface area contributed by atoms with Gasteiger partial charge in [0.1, 0.15) is 22.9 Å². The number of carboxylic acid groups (broad SMARTS) is 1. The summed E-state index contributed by atoms with van der Waals surface area (Å²) in [5, 5.41) is 17.3. The van der Waals surface area contributed by atoms with Gasteiger partial charge in [0.25, 0.3) is 0 Å². The molecule has 7 heteroatoms. The summed E-state index contributed by atoms with van der Waals surface area (Å²) >= 11 is 0. The van der Waals surface area contributed by atoms with Crippen molar-refractivity contribution in [1.29, 1.82) is 0 Å². The molecule has 1 aliphatic rings. The number of nitrogens with one attached hydrogen (secondary N) is 1. The number of aliphatic carboxylic acids is 1. The average molecular weight is 518 g/mol. The van der Waals surface area contributed by atoms with E-state index in [1.54, 1.807) is 7.11 Å². The van der Waals surface area contributed by atoms with E-state index in [0.717, 1.165) is 44.9 Å². The maximum absolute atomic E-state index is 11.8. The van der Waals surface area contributed by atoms with Gasteiger partial charge in [-0.25, -0.2) is 4.98 Å². The SMILES string of the molecule is COc1ccccc1-c1cccc(Nc2c(C)noc2-c2ccccc2-c2ccc(C3(C(=O)O)CC3)cc2)n1. The molecule has 0 bridgehead atoms. The number of anilines is 2. The van der Waals surface area contributed by atoms with Crippen LogP contribution in [0.3, 0.4) is 0 Å². The van der Waals surface area contributed by atoms with Crippen molar-refractivity contribution in [2.24, 2.45) is 0 Å². The van der Waals surface area contributed by atoms with Crippen molar-refractivity contribution < 1.29 is 19.2 Å². The largest absolute Gasteiger partial charge is 0.496 e. The molecule has 1 saturated carbocycles. The van der Waals surface area contributed by atoms with E-state index in [-0.39, 0.29) is 0 Å². The van der Waals surface area contributed by atoms with E-state index in [4.69, 9.17) is 14.2 Å². The number of aryl methyl sites for hydroxylation is 1. The Morgan fingerprint density at radius 2 is 1.59 bits per heavy atom. The Bertz CT molecular complexity index is 1670. The van der Waals surface area contributed by atoms with Gasteiger partial charge in [-0.1, -0.05) is 71.9 Å². The van der Waals surface area contributed by atoms with Crippen molar-refractivity contribution in [3.63, 3.8) is 0 Å². The minimum Gasteiger partial charge on any atom is -0.496 e. The topological polar surface area (TPSA) is 97.5 Å². The van der Waals surface area contributed by atoms with Crippen LogP contribution in [-0.4, -0.2) is 28.3 Å². The zero-order valence-electron chi connectivity index (χ0n) is 21.6. The van der Waals surface area contributed by atoms with Crippen LogP contribution in [0.5, 0.6) is 5.75 Å². The highest BCUT2D eigenvalue weighted by Gasteiger charge is 2.51. The summed E-state index contributed by atoms with van der Waals surface area (Å²) in [6.07, 6.45) is 1.36. The number of hydrogen-bond acceptors (Lipinski definition) is 6. The molecule has 39 heavy (non-hydrogen) atoms. The second-order valence-electron chi connectivity index (χ2n) is 9.72. The molecule has 0 aliphatic heterocycles. The van der Waals surface area contributed by atoms with Crippen molar-refractivity contribution in [2.45, 2.75) is 25.2 Å². The summed E-state index contributed by atoms with van der Waals surface area (Å²) in [7, 11) is 1.65. The molecule has 0 amide bonds. The van der Waals surface area contributed by atoms with E-state index >= 15 is 0 Å². The summed E-state index contributed by atoms with van der Waals surface area (Å²) in [5.41, 5.74) is 6.01. The van der Waals surface area contributed by atoms with Gasteiger partial charge in [0.15, 0.2) is 5.76 Å². The number of nitrogens with zero attached hydrogens (tertiary/aromatic N) is 2. The Morgan fingerprint density at radius 3 is 2.28 bits per heavy atom. The summed E-state index contributed by atoms with van der Waals surface area (Å²) in [6.45, 7) is 1.89. The van der Waals surface area contributed by atoms with Gasteiger partial charge >= 0.3 is 5.97 Å². The Hall–Kier alpha value is -4.91. The lowest BCUT2D eigenvalue weighted by Crippen LogP contribution is -2.19. The zero-order chi connectivity index (χ0) is 27.0. The molecule has 2 aromatic heterocycles. The van der Waals surface area contributed by atoms with Crippen molar-refractivity contribution in [3.8, 4) is 39.5 Å². The molecule has 1 fully saturated rings. The number of para-hydroxylation sites is 1. The molecule has 5 aromatic rings. The predicted molar refractivity (Wildman–Crippen MR) is 150 cm³/mol. The van der Waals surface area contributed by atoms with E-state index in [2.05, 4.69) is 10.5 Å². The van der Waals surface area contributed by atoms with Gasteiger partial charge in [-0.2, -0.15) is 0 Å². The number of carbonyl (C=O) groups is 1. The minimum absolute atomic E-state index is 0.598. The molecule has 0 atom stereocenters. The molecule has 3 aromatic carbocycles. The number of ether oxygens (including phenoxy) is 1. The molecular weight excluding hydrogens is 490 g/mol. The third-order valence-corrected chi connectivity index (χ3v) is 7.33. The Morgan fingerprint density at radius 1 is 0.897 bits per heavy atom. The number of pyridine rings is 1. The number of benzene rings is 3. The Labute approximate surface area is 226 Å². The predicted octanol–water partition coefficient (Wildman–Crippen LogP) is 7.25. The summed E-state index contributed by atoms with van der Waals surface area (Å²) < 4.78 is 11.4. The monoisotopic (exact) mass is 517 g/mol. The molecule has 0 saturated heterocycles. The van der Waals surface area contributed by atoms with Crippen LogP contribution in [-0.2, 0) is 10.2 Å². The van der Waals surface area contributed by atoms with Gasteiger partial charge in [0, 0.05) is 11.1 Å². The first kappa shape index (κ1) is 24.4. The maximum atomic E-state index is 11.8. The van der Waals surface area contributed by atoms with Crippen LogP contribution in [0.15, 0.2) is 95.5 Å². The Kier molecular flexibility index (Phi) is 6.11. The van der Waals surface area contributed by atoms with Crippen LogP contribution in [0.25, 0.3) is 33.7 Å². The molecule has 0 unspecified atom stereocenters. The van der Waals surface area contributed by atoms with E-state index in [1.165, 1.54) is 0 Å². The number of aromatic nitrogens is 2. The fraction of sp³-hybridized carbons (Fsp3) is 0.156. The molecule has 194 valence electrons. The first-order valence-electron chi connectivity index (χ1n) is 12.8. The van der Waals surface area contributed by atoms with Crippen molar-refractivity contribution >= 4 is 17.5 Å². The van der Waals surface area contributed by atoms with Crippen molar-refractivity contribution in [2.75, 3.05) is 12.4 Å². The number of methoxy groups -OCH3 is 1. The fourth-order valence-electron chi connectivity index (χ4n) is 4.99. The fourth-order valence-corrected chi connectivity index (χ4v) is 4.99. The van der Waals surface area contributed by atoms with Crippen molar-refractivity contribution in [1.82, 2.24) is 10.1 Å². The van der Waals surface area contributed by atoms with Crippen LogP contribution in [0.2, 0.25) is 0 Å². The van der Waals surface area contributed by atoms with Crippen LogP contribution < -0.4 is 10.1 Å². The van der Waals surface area contributed by atoms with Gasteiger partial charge in [0.2, 0.25) is 0 Å². The second kappa shape index (κ2) is 9.76. The lowest BCUT2D eigenvalue weighted by atomic mass is 9.92. The quantitative estimate of drug-likeness (QED) is 0.224. The van der Waals surface area contributed by atoms with E-state index in [1.807, 2.05) is 97.9 Å². The lowest BCUT2D eigenvalue weighted by Gasteiger charge is -2.13. The van der Waals surface area contributed by atoms with Gasteiger partial charge in [-0.15, -0.1) is 0 Å². The van der Waals surface area contributed by atoms with Crippen molar-refractivity contribution in [3.05, 3.63) is 102 Å². The third-order valence-electron chi connectivity index (χ3n) is 7.33. The molecule has 0 spiro atoms. The Balaban J connectivity index is 1.35. The first-order chi connectivity index (χ1) is 19.0. The number of rotatable bonds is 8. The number of carboxylic acids is 1. The van der Waals surface area contributed by atoms with Crippen LogP contribution in [0.1, 0.15) is 24.1 Å². The first-order valence-corrected chi connectivity index (χ1v) is 12.8. The van der Waals surface area contributed by atoms with Gasteiger partial charge in [-0.3, -0.25) is 4.79 Å². The minimum atomic E-state index is -0.758. The zero-order valence-corrected chi connectivity index (χ0v) is 21.6. The molecule has 0 radical (unpaired) electrons. The highest BCUT2D eigenvalue weighted by Crippen LogP contribution is 2.49. The van der Waals surface area contributed by atoms with E-state index in [9.17, 15) is 9.90 Å². The molecule has 7 nitrogen and oxygen atoms in total. The lowest BCUT2D eigenvalue weighted by molar-refractivity contribution is -0.140. The highest BCUT2D eigenvalue weighted by molar-refractivity contribution is 5.89. The standard InChI is InChI=1S/C32H27N3O4/c1-20-29(34-28-13-7-11-26(33-28)25-10-5-6-12-27(25)38-2)30(39-35-20)24-9-4-3-8-23(24)21-14-16-22(17-15-21)32(18-19-32)31(36)37/h3-17H,18-19H2,1-2H3,(H,33,34)(H,36,37). The third kappa shape index (κ3) is 4.42. The van der Waals surface area contributed by atoms with Crippen LogP contribution >= 0.6 is 0 Å². The van der Waals surface area contributed by atoms with Gasteiger partial charge in [0.05, 0.1) is 18.2 Å². The molecule has 1 aliphatic carbocycles. The molecule has 2 heterocycles. The average Bonchev–Trinajstić information content (AvgIpc) is 3.72. The van der Waals surface area contributed by atoms with Gasteiger partial charge in [-0.05, 0) is 60.7 Å². The van der Waals surface area contributed by atoms with E-state index in [0.29, 0.717) is 30.1 Å².